The number of hydrogen-bond acceptors (Lipinski definition) is 4. The molecule has 0 spiro atoms. The molecule has 3 aromatic rings. The van der Waals surface area contributed by atoms with E-state index >= 15 is 0 Å². The maximum absolute atomic E-state index is 13.4. The number of halogens is 1. The minimum atomic E-state index is -0.255. The summed E-state index contributed by atoms with van der Waals surface area (Å²) < 4.78 is 13.4. The number of carbonyl (C=O) groups excluding carboxylic acids is 1. The Morgan fingerprint density at radius 1 is 1.11 bits per heavy atom. The Kier molecular flexibility index (Phi) is 5.39. The van der Waals surface area contributed by atoms with Crippen LogP contribution in [-0.2, 0) is 11.3 Å². The summed E-state index contributed by atoms with van der Waals surface area (Å²) in [7, 11) is 0. The maximum atomic E-state index is 13.4. The number of nitrogens with zero attached hydrogens (tertiary/aromatic N) is 3. The Bertz CT molecular complexity index is 918. The monoisotopic (exact) mass is 376 g/mol. The summed E-state index contributed by atoms with van der Waals surface area (Å²) >= 11 is 0. The first-order chi connectivity index (χ1) is 13.7. The van der Waals surface area contributed by atoms with Crippen molar-refractivity contribution in [1.82, 2.24) is 14.9 Å². The molecule has 2 atom stereocenters. The van der Waals surface area contributed by atoms with Gasteiger partial charge in [0.15, 0.2) is 0 Å². The van der Waals surface area contributed by atoms with Crippen LogP contribution in [0.1, 0.15) is 23.6 Å². The first kappa shape index (κ1) is 18.3. The number of benzene rings is 2. The molecule has 4 rings (SSSR count). The zero-order valence-corrected chi connectivity index (χ0v) is 15.3. The smallest absolute Gasteiger partial charge is 0.230 e. The van der Waals surface area contributed by atoms with Crippen LogP contribution in [0.25, 0.3) is 0 Å². The van der Waals surface area contributed by atoms with Gasteiger partial charge in [-0.15, -0.1) is 0 Å². The van der Waals surface area contributed by atoms with Gasteiger partial charge in [-0.3, -0.25) is 9.69 Å². The quantitative estimate of drug-likeness (QED) is 0.736. The molecular formula is C22H21FN4O. The third-order valence-corrected chi connectivity index (χ3v) is 5.09. The molecule has 1 N–H and O–H groups in total. The van der Waals surface area contributed by atoms with Gasteiger partial charge < -0.3 is 5.32 Å². The molecule has 1 aliphatic rings. The molecule has 1 aromatic heterocycles. The van der Waals surface area contributed by atoms with E-state index in [1.165, 1.54) is 24.0 Å². The molecule has 1 saturated heterocycles. The van der Waals surface area contributed by atoms with Crippen molar-refractivity contribution in [2.75, 3.05) is 11.9 Å². The standard InChI is InChI=1S/C22H21FN4O/c23-19-8-6-17(7-9-19)20-12-18(22(28)26-21-10-11-24-15-25-21)14-27(20)13-16-4-2-1-3-5-16/h1-11,15,18,20H,12-14H2,(H,24,25,26,28)/t18-,20+/m1/s1. The van der Waals surface area contributed by atoms with Crippen LogP contribution in [0.4, 0.5) is 10.2 Å². The summed E-state index contributed by atoms with van der Waals surface area (Å²) in [5.41, 5.74) is 2.21. The lowest BCUT2D eigenvalue weighted by molar-refractivity contribution is -0.119. The molecule has 0 aliphatic carbocycles. The predicted octanol–water partition coefficient (Wildman–Crippen LogP) is 3.82. The molecular weight excluding hydrogens is 355 g/mol. The number of aromatic nitrogens is 2. The lowest BCUT2D eigenvalue weighted by Gasteiger charge is -2.24. The number of nitrogens with one attached hydrogen (secondary N) is 1. The van der Waals surface area contributed by atoms with Crippen LogP contribution in [0.5, 0.6) is 0 Å². The third-order valence-electron chi connectivity index (χ3n) is 5.09. The predicted molar refractivity (Wildman–Crippen MR) is 105 cm³/mol. The Hall–Kier alpha value is -3.12. The third kappa shape index (κ3) is 4.23. The summed E-state index contributed by atoms with van der Waals surface area (Å²) in [6.07, 6.45) is 3.68. The van der Waals surface area contributed by atoms with Crippen molar-refractivity contribution >= 4 is 11.7 Å². The second-order valence-electron chi connectivity index (χ2n) is 7.00. The molecule has 0 radical (unpaired) electrons. The van der Waals surface area contributed by atoms with Crippen molar-refractivity contribution in [1.29, 1.82) is 0 Å². The highest BCUT2D eigenvalue weighted by Gasteiger charge is 2.37. The van der Waals surface area contributed by atoms with Gasteiger partial charge in [-0.25, -0.2) is 14.4 Å². The second kappa shape index (κ2) is 8.27. The van der Waals surface area contributed by atoms with Crippen molar-refractivity contribution in [3.63, 3.8) is 0 Å². The van der Waals surface area contributed by atoms with E-state index < -0.39 is 0 Å². The van der Waals surface area contributed by atoms with Gasteiger partial charge in [0.05, 0.1) is 5.92 Å². The van der Waals surface area contributed by atoms with E-state index in [1.807, 2.05) is 30.3 Å². The van der Waals surface area contributed by atoms with Crippen LogP contribution >= 0.6 is 0 Å². The average molecular weight is 376 g/mol. The van der Waals surface area contributed by atoms with E-state index in [0.717, 1.165) is 12.1 Å². The molecule has 2 aromatic carbocycles. The van der Waals surface area contributed by atoms with Crippen molar-refractivity contribution < 1.29 is 9.18 Å². The Morgan fingerprint density at radius 3 is 2.61 bits per heavy atom. The fourth-order valence-corrected chi connectivity index (χ4v) is 3.71. The van der Waals surface area contributed by atoms with Crippen LogP contribution < -0.4 is 5.32 Å². The van der Waals surface area contributed by atoms with E-state index in [2.05, 4.69) is 32.3 Å². The van der Waals surface area contributed by atoms with E-state index in [-0.39, 0.29) is 23.7 Å². The van der Waals surface area contributed by atoms with Crippen molar-refractivity contribution in [3.05, 3.63) is 90.1 Å². The van der Waals surface area contributed by atoms with Gasteiger partial charge in [0.2, 0.25) is 5.91 Å². The molecule has 1 amide bonds. The number of amides is 1. The highest BCUT2D eigenvalue weighted by Crippen LogP contribution is 2.37. The van der Waals surface area contributed by atoms with Crippen molar-refractivity contribution in [2.24, 2.45) is 5.92 Å². The Labute approximate surface area is 163 Å². The SMILES string of the molecule is O=C(Nc1ccncn1)[C@@H]1C[C@@H](c2ccc(F)cc2)N(Cc2ccccc2)C1. The molecule has 0 unspecified atom stereocenters. The summed E-state index contributed by atoms with van der Waals surface area (Å²) in [6.45, 7) is 1.37. The number of anilines is 1. The van der Waals surface area contributed by atoms with Gasteiger partial charge in [0, 0.05) is 25.3 Å². The van der Waals surface area contributed by atoms with Gasteiger partial charge in [-0.1, -0.05) is 42.5 Å². The van der Waals surface area contributed by atoms with Gasteiger partial charge in [0.25, 0.3) is 0 Å². The van der Waals surface area contributed by atoms with Crippen LogP contribution in [-0.4, -0.2) is 27.3 Å². The second-order valence-corrected chi connectivity index (χ2v) is 7.00. The molecule has 142 valence electrons. The van der Waals surface area contributed by atoms with Gasteiger partial charge in [-0.2, -0.15) is 0 Å². The molecule has 2 heterocycles. The van der Waals surface area contributed by atoms with Gasteiger partial charge in [0.1, 0.15) is 18.0 Å². The highest BCUT2D eigenvalue weighted by molar-refractivity contribution is 5.92. The number of carbonyl (C=O) groups is 1. The molecule has 6 heteroatoms. The van der Waals surface area contributed by atoms with E-state index in [1.54, 1.807) is 12.3 Å². The Balaban J connectivity index is 1.53. The van der Waals surface area contributed by atoms with Crippen LogP contribution in [0.15, 0.2) is 73.2 Å². The van der Waals surface area contributed by atoms with Gasteiger partial charge in [-0.05, 0) is 35.7 Å². The molecule has 5 nitrogen and oxygen atoms in total. The van der Waals surface area contributed by atoms with Gasteiger partial charge >= 0.3 is 0 Å². The normalized spacial score (nSPS) is 19.5. The topological polar surface area (TPSA) is 58.1 Å². The number of likely N-dealkylation sites (tertiary alicyclic amines) is 1. The average Bonchev–Trinajstić information content (AvgIpc) is 3.14. The maximum Gasteiger partial charge on any atom is 0.230 e. The van der Waals surface area contributed by atoms with Crippen LogP contribution in [0.3, 0.4) is 0 Å². The summed E-state index contributed by atoms with van der Waals surface area (Å²) in [6, 6.07) is 18.5. The van der Waals surface area contributed by atoms with E-state index in [9.17, 15) is 9.18 Å². The molecule has 28 heavy (non-hydrogen) atoms. The zero-order valence-electron chi connectivity index (χ0n) is 15.3. The Morgan fingerprint density at radius 2 is 1.89 bits per heavy atom. The number of rotatable bonds is 5. The molecule has 1 aliphatic heterocycles. The molecule has 0 bridgehead atoms. The minimum Gasteiger partial charge on any atom is -0.310 e. The minimum absolute atomic E-state index is 0.0543. The molecule has 1 fully saturated rings. The van der Waals surface area contributed by atoms with Crippen LogP contribution in [0, 0.1) is 11.7 Å². The fourth-order valence-electron chi connectivity index (χ4n) is 3.71. The van der Waals surface area contributed by atoms with Crippen LogP contribution in [0.2, 0.25) is 0 Å². The fraction of sp³-hybridized carbons (Fsp3) is 0.227. The molecule has 0 saturated carbocycles. The lowest BCUT2D eigenvalue weighted by atomic mass is 9.99. The van der Waals surface area contributed by atoms with Crippen molar-refractivity contribution in [2.45, 2.75) is 19.0 Å². The van der Waals surface area contributed by atoms with E-state index in [4.69, 9.17) is 0 Å². The lowest BCUT2D eigenvalue weighted by Crippen LogP contribution is -2.27. The zero-order chi connectivity index (χ0) is 19.3. The largest absolute Gasteiger partial charge is 0.310 e. The number of hydrogen-bond donors (Lipinski definition) is 1. The summed E-state index contributed by atoms with van der Waals surface area (Å²) in [4.78, 5) is 23.0. The van der Waals surface area contributed by atoms with E-state index in [0.29, 0.717) is 18.8 Å². The van der Waals surface area contributed by atoms with Crippen molar-refractivity contribution in [3.8, 4) is 0 Å². The first-order valence-corrected chi connectivity index (χ1v) is 9.29. The highest BCUT2D eigenvalue weighted by atomic mass is 19.1. The summed E-state index contributed by atoms with van der Waals surface area (Å²) in [5, 5.41) is 2.87. The first-order valence-electron chi connectivity index (χ1n) is 9.29. The summed E-state index contributed by atoms with van der Waals surface area (Å²) in [5.74, 6) is 0.0179.